The normalized spacial score (nSPS) is 13.6. The molecular weight excluding hydrogens is 850 g/mol. The lowest BCUT2D eigenvalue weighted by molar-refractivity contribution is -0.763. The zero-order chi connectivity index (χ0) is 44.6. The number of likely N-dealkylation sites (N-methyl/N-ethyl adjacent to an activating group) is 1. The van der Waals surface area contributed by atoms with Gasteiger partial charge in [-0.3, -0.25) is 9.69 Å². The average Bonchev–Trinajstić information content (AvgIpc) is 3.90. The van der Waals surface area contributed by atoms with Crippen LogP contribution in [0.5, 0.6) is 0 Å². The van der Waals surface area contributed by atoms with Gasteiger partial charge in [0.05, 0.1) is 22.3 Å². The van der Waals surface area contributed by atoms with E-state index in [2.05, 4.69) is 16.2 Å². The molecule has 330 valence electrons. The number of nitrogens with zero attached hydrogens (tertiary/aromatic N) is 8. The third-order valence-corrected chi connectivity index (χ3v) is 10.3. The molecule has 0 spiro atoms. The molecule has 0 saturated carbocycles. The first-order valence-corrected chi connectivity index (χ1v) is 19.9. The van der Waals surface area contributed by atoms with Crippen molar-refractivity contribution < 1.29 is 64.2 Å². The highest BCUT2D eigenvalue weighted by molar-refractivity contribution is 7.10. The van der Waals surface area contributed by atoms with Gasteiger partial charge in [0.2, 0.25) is 12.6 Å². The molecule has 16 nitrogen and oxygen atoms in total. The predicted octanol–water partition coefficient (Wildman–Crippen LogP) is 3.60. The smallest absolute Gasteiger partial charge is 0.417 e. The monoisotopic (exact) mass is 896 g/mol. The van der Waals surface area contributed by atoms with Crippen molar-refractivity contribution in [3.8, 4) is 17.3 Å². The second-order valence-corrected chi connectivity index (χ2v) is 16.0. The van der Waals surface area contributed by atoms with Crippen molar-refractivity contribution in [3.05, 3.63) is 112 Å². The number of carbonyl (C=O) groups is 3. The molecule has 5 aromatic rings. The summed E-state index contributed by atoms with van der Waals surface area (Å²) >= 11 is 1.24. The molecule has 0 aliphatic heterocycles. The van der Waals surface area contributed by atoms with E-state index in [9.17, 15) is 23.9 Å². The summed E-state index contributed by atoms with van der Waals surface area (Å²) < 4.78 is 55.0. The van der Waals surface area contributed by atoms with Crippen LogP contribution in [0, 0.1) is 23.0 Å². The number of carbonyl (C=O) groups excluding carboxylic acids is 3. The molecule has 0 aliphatic rings. The van der Waals surface area contributed by atoms with Crippen LogP contribution in [0.2, 0.25) is 0 Å². The molecule has 2 unspecified atom stereocenters. The van der Waals surface area contributed by atoms with E-state index in [4.69, 9.17) is 29.2 Å². The van der Waals surface area contributed by atoms with Crippen LogP contribution in [0.3, 0.4) is 0 Å². The van der Waals surface area contributed by atoms with E-state index in [-0.39, 0.29) is 43.5 Å². The average molecular weight is 897 g/mol. The number of hydrogen-bond acceptors (Lipinski definition) is 13. The van der Waals surface area contributed by atoms with Gasteiger partial charge in [-0.15, -0.1) is 16.0 Å². The summed E-state index contributed by atoms with van der Waals surface area (Å²) in [5, 5.41) is 28.1. The van der Waals surface area contributed by atoms with Crippen LogP contribution in [0.15, 0.2) is 78.8 Å². The number of aromatic nitrogens is 5. The molecule has 0 radical (unpaired) electrons. The van der Waals surface area contributed by atoms with E-state index in [1.165, 1.54) is 60.5 Å². The highest BCUT2D eigenvalue weighted by Gasteiger charge is 2.43. The zero-order valence-corrected chi connectivity index (χ0v) is 36.9. The quantitative estimate of drug-likeness (QED) is 0.0698. The molecule has 5 rings (SSSR count). The van der Waals surface area contributed by atoms with Crippen LogP contribution >= 0.6 is 11.3 Å². The molecular formula is C42H47ClF2N8O8S. The lowest BCUT2D eigenvalue weighted by atomic mass is 9.82. The fourth-order valence-electron chi connectivity index (χ4n) is 6.01. The first-order chi connectivity index (χ1) is 28.8. The van der Waals surface area contributed by atoms with Gasteiger partial charge in [-0.25, -0.2) is 32.9 Å². The lowest BCUT2D eigenvalue weighted by Crippen LogP contribution is -3.00. The highest BCUT2D eigenvalue weighted by Crippen LogP contribution is 2.41. The van der Waals surface area contributed by atoms with Crippen molar-refractivity contribution >= 4 is 35.3 Å². The van der Waals surface area contributed by atoms with Crippen LogP contribution in [0.1, 0.15) is 75.4 Å². The summed E-state index contributed by atoms with van der Waals surface area (Å²) in [6, 6.07) is 15.0. The fraction of sp³-hybridized carbons (Fsp3) is 0.381. The summed E-state index contributed by atoms with van der Waals surface area (Å²) in [7, 11) is 2.83. The number of amides is 2. The summed E-state index contributed by atoms with van der Waals surface area (Å²) in [5.41, 5.74) is -0.877. The van der Waals surface area contributed by atoms with Crippen molar-refractivity contribution in [2.75, 3.05) is 25.5 Å². The number of ether oxygens (including phenoxy) is 4. The minimum absolute atomic E-state index is 0. The summed E-state index contributed by atoms with van der Waals surface area (Å²) in [5.74, 6) is -2.98. The van der Waals surface area contributed by atoms with Crippen molar-refractivity contribution in [2.45, 2.75) is 84.3 Å². The Kier molecular flexibility index (Phi) is 16.2. The third kappa shape index (κ3) is 12.3. The van der Waals surface area contributed by atoms with E-state index >= 15 is 4.39 Å². The van der Waals surface area contributed by atoms with Gasteiger partial charge in [-0.05, 0) is 71.0 Å². The molecule has 3 heterocycles. The molecule has 1 N–H and O–H groups in total. The van der Waals surface area contributed by atoms with Gasteiger partial charge in [0.25, 0.3) is 6.33 Å². The summed E-state index contributed by atoms with van der Waals surface area (Å²) in [4.78, 5) is 49.1. The Morgan fingerprint density at radius 3 is 2.44 bits per heavy atom. The van der Waals surface area contributed by atoms with Crippen LogP contribution in [0.4, 0.5) is 24.2 Å². The van der Waals surface area contributed by atoms with Crippen molar-refractivity contribution in [1.29, 1.82) is 5.26 Å². The first kappa shape index (κ1) is 48.6. The molecule has 0 bridgehead atoms. The number of rotatable bonds is 15. The van der Waals surface area contributed by atoms with E-state index in [1.807, 2.05) is 0 Å². The highest BCUT2D eigenvalue weighted by atomic mass is 35.5. The minimum atomic E-state index is -2.05. The molecule has 20 heteroatoms. The Hall–Kier alpha value is -6.07. The molecule has 62 heavy (non-hydrogen) atoms. The van der Waals surface area contributed by atoms with Gasteiger partial charge < -0.3 is 41.4 Å². The number of nitriles is 1. The molecule has 0 saturated heterocycles. The van der Waals surface area contributed by atoms with Crippen LogP contribution < -0.4 is 21.9 Å². The Balaban J connectivity index is 0.00000845. The maximum absolute atomic E-state index is 15.4. The zero-order valence-electron chi connectivity index (χ0n) is 35.3. The molecule has 3 aromatic heterocycles. The molecule has 4 atom stereocenters. The van der Waals surface area contributed by atoms with Gasteiger partial charge >= 0.3 is 18.2 Å². The topological polar surface area (TPSA) is 186 Å². The maximum Gasteiger partial charge on any atom is 0.417 e. The van der Waals surface area contributed by atoms with Gasteiger partial charge in [0, 0.05) is 53.4 Å². The summed E-state index contributed by atoms with van der Waals surface area (Å²) in [6.45, 7) is 9.00. The fourth-order valence-corrected chi connectivity index (χ4v) is 6.98. The van der Waals surface area contributed by atoms with Gasteiger partial charge in [-0.2, -0.15) is 5.26 Å². The molecule has 2 amide bonds. The number of benzene rings is 2. The molecule has 0 fully saturated rings. The van der Waals surface area contributed by atoms with Gasteiger partial charge in [0.15, 0.2) is 6.23 Å². The predicted molar refractivity (Wildman–Crippen MR) is 216 cm³/mol. The Bertz CT molecular complexity index is 2390. The van der Waals surface area contributed by atoms with Crippen LogP contribution in [-0.2, 0) is 42.5 Å². The van der Waals surface area contributed by atoms with Gasteiger partial charge in [-0.1, -0.05) is 25.1 Å². The van der Waals surface area contributed by atoms with Crippen molar-refractivity contribution in [2.24, 2.45) is 0 Å². The molecule has 2 aromatic carbocycles. The molecule has 0 aliphatic carbocycles. The maximum atomic E-state index is 15.4. The number of thiazole rings is 1. The standard InChI is InChI=1S/C42H47F2N8O8S.ClH/c1-26(38-48-35(22-61-38)30-13-11-29(19-45)12-14-30)42(56,33-18-32(43)15-16-34(33)44)23-52-25-51(24-47-52)27(2)58-28(3)59-40(55)50(8)37-31(10-9-17-46-37)21-57-36(53)20-49(7)39(54)60-41(4,5)6;/h9-18,22,24-28,56H,20-21,23H2,1-8H3;1H/q+1;/p-1/t26-,27?,28?,42+;/m0./s1. The number of aliphatic hydroxyl groups is 1. The van der Waals surface area contributed by atoms with E-state index in [1.54, 1.807) is 76.4 Å². The second-order valence-electron chi connectivity index (χ2n) is 15.2. The Morgan fingerprint density at radius 1 is 1.05 bits per heavy atom. The van der Waals surface area contributed by atoms with Gasteiger partial charge in [0.1, 0.15) is 48.4 Å². The Morgan fingerprint density at radius 2 is 1.76 bits per heavy atom. The van der Waals surface area contributed by atoms with Crippen LogP contribution in [-0.4, -0.2) is 80.4 Å². The van der Waals surface area contributed by atoms with Crippen LogP contribution in [0.25, 0.3) is 11.3 Å². The first-order valence-electron chi connectivity index (χ1n) is 19.0. The van der Waals surface area contributed by atoms with Crippen molar-refractivity contribution in [3.63, 3.8) is 0 Å². The van der Waals surface area contributed by atoms with E-state index in [0.717, 1.165) is 33.6 Å². The number of anilines is 1. The number of esters is 1. The van der Waals surface area contributed by atoms with E-state index in [0.29, 0.717) is 21.8 Å². The Labute approximate surface area is 367 Å². The number of hydrogen-bond donors (Lipinski definition) is 1. The van der Waals surface area contributed by atoms with Crippen molar-refractivity contribution in [1.82, 2.24) is 24.6 Å². The SMILES string of the molecule is CC(OC(=O)N(C)c1ncccc1COC(=O)CN(C)C(=O)OC(C)(C)C)OC(C)[n+]1cnn(C[C@](O)(c2cc(F)ccc2F)[C@@H](C)c2nc(-c3ccc(C#N)cc3)cs2)c1.[Cl-]. The summed E-state index contributed by atoms with van der Waals surface area (Å²) in [6.07, 6.45) is 0.933. The number of halogens is 3. The second kappa shape index (κ2) is 20.7. The largest absolute Gasteiger partial charge is 1.00 e. The third-order valence-electron chi connectivity index (χ3n) is 9.31. The lowest BCUT2D eigenvalue weighted by Gasteiger charge is -2.32. The minimum Gasteiger partial charge on any atom is -1.00 e. The van der Waals surface area contributed by atoms with E-state index < -0.39 is 59.4 Å². The number of pyridine rings is 1.